The van der Waals surface area contributed by atoms with Gasteiger partial charge in [0.25, 0.3) is 0 Å². The van der Waals surface area contributed by atoms with Crippen LogP contribution in [0.1, 0.15) is 35.6 Å². The summed E-state index contributed by atoms with van der Waals surface area (Å²) in [5.74, 6) is 0.513. The van der Waals surface area contributed by atoms with E-state index in [0.29, 0.717) is 5.92 Å². The Balaban J connectivity index is 1.83. The summed E-state index contributed by atoms with van der Waals surface area (Å²) in [7, 11) is 0. The quantitative estimate of drug-likeness (QED) is 0.824. The molecule has 0 bridgehead atoms. The molecule has 1 heterocycles. The second kappa shape index (κ2) is 4.19. The van der Waals surface area contributed by atoms with Crippen molar-refractivity contribution in [2.45, 2.75) is 31.7 Å². The lowest BCUT2D eigenvalue weighted by Gasteiger charge is -2.18. The molecule has 2 unspecified atom stereocenters. The van der Waals surface area contributed by atoms with Crippen molar-refractivity contribution in [3.05, 3.63) is 34.9 Å². The van der Waals surface area contributed by atoms with Crippen molar-refractivity contribution in [2.75, 3.05) is 13.2 Å². The highest BCUT2D eigenvalue weighted by molar-refractivity contribution is 5.36. The van der Waals surface area contributed by atoms with E-state index >= 15 is 0 Å². The summed E-state index contributed by atoms with van der Waals surface area (Å²) in [5, 5.41) is 0. The van der Waals surface area contributed by atoms with Gasteiger partial charge in [-0.1, -0.05) is 18.2 Å². The second-order valence-corrected chi connectivity index (χ2v) is 5.03. The molecule has 2 aliphatic rings. The van der Waals surface area contributed by atoms with Crippen LogP contribution in [0.4, 0.5) is 0 Å². The molecule has 3 rings (SSSR count). The number of ether oxygens (including phenoxy) is 1. The van der Waals surface area contributed by atoms with Crippen LogP contribution in [0.2, 0.25) is 0 Å². The van der Waals surface area contributed by atoms with E-state index in [-0.39, 0.29) is 6.04 Å². The lowest BCUT2D eigenvalue weighted by Crippen LogP contribution is -2.21. The number of nitrogens with two attached hydrogens (primary N) is 1. The maximum Gasteiger partial charge on any atom is 0.0513 e. The third-order valence-corrected chi connectivity index (χ3v) is 3.98. The minimum absolute atomic E-state index is 0.161. The van der Waals surface area contributed by atoms with Crippen molar-refractivity contribution >= 4 is 0 Å². The van der Waals surface area contributed by atoms with Gasteiger partial charge < -0.3 is 10.5 Å². The van der Waals surface area contributed by atoms with E-state index in [0.717, 1.165) is 19.6 Å². The molecular formula is C14H19NO. The van der Waals surface area contributed by atoms with Crippen LogP contribution in [0, 0.1) is 5.92 Å². The normalized spacial score (nSPS) is 25.7. The van der Waals surface area contributed by atoms with Crippen LogP contribution < -0.4 is 5.73 Å². The number of fused-ring (bicyclic) bond motifs is 1. The Bertz CT molecular complexity index is 382. The van der Waals surface area contributed by atoms with Crippen LogP contribution in [-0.4, -0.2) is 13.2 Å². The van der Waals surface area contributed by atoms with Gasteiger partial charge in [0.2, 0.25) is 0 Å². The molecule has 0 radical (unpaired) electrons. The molecule has 2 heteroatoms. The monoisotopic (exact) mass is 217 g/mol. The number of hydrogen-bond donors (Lipinski definition) is 1. The highest BCUT2D eigenvalue weighted by Crippen LogP contribution is 2.30. The van der Waals surface area contributed by atoms with E-state index < -0.39 is 0 Å². The molecule has 86 valence electrons. The Morgan fingerprint density at radius 2 is 2.12 bits per heavy atom. The zero-order valence-electron chi connectivity index (χ0n) is 9.61. The van der Waals surface area contributed by atoms with Gasteiger partial charge in [-0.05, 0) is 42.4 Å². The third kappa shape index (κ3) is 1.76. The van der Waals surface area contributed by atoms with Crippen LogP contribution in [0.15, 0.2) is 18.2 Å². The molecule has 1 aromatic rings. The highest BCUT2D eigenvalue weighted by Gasteiger charge is 2.24. The number of rotatable bonds is 2. The van der Waals surface area contributed by atoms with Gasteiger partial charge in [-0.25, -0.2) is 0 Å². The largest absolute Gasteiger partial charge is 0.381 e. The van der Waals surface area contributed by atoms with E-state index in [9.17, 15) is 0 Å². The summed E-state index contributed by atoms with van der Waals surface area (Å²) in [6.45, 7) is 1.71. The van der Waals surface area contributed by atoms with Gasteiger partial charge in [0, 0.05) is 18.6 Å². The van der Waals surface area contributed by atoms with Gasteiger partial charge >= 0.3 is 0 Å². The number of benzene rings is 1. The van der Waals surface area contributed by atoms with Crippen molar-refractivity contribution in [3.63, 3.8) is 0 Å². The molecule has 1 aliphatic heterocycles. The summed E-state index contributed by atoms with van der Waals surface area (Å²) < 4.78 is 5.41. The average molecular weight is 217 g/mol. The summed E-state index contributed by atoms with van der Waals surface area (Å²) in [6.07, 6.45) is 4.90. The predicted octanol–water partition coefficient (Wildman–Crippen LogP) is 2.21. The van der Waals surface area contributed by atoms with Crippen molar-refractivity contribution < 1.29 is 4.74 Å². The average Bonchev–Trinajstić information content (AvgIpc) is 2.98. The minimum Gasteiger partial charge on any atom is -0.381 e. The van der Waals surface area contributed by atoms with Gasteiger partial charge in [-0.15, -0.1) is 0 Å². The minimum atomic E-state index is 0.161. The van der Waals surface area contributed by atoms with Crippen molar-refractivity contribution in [2.24, 2.45) is 11.7 Å². The third-order valence-electron chi connectivity index (χ3n) is 3.98. The molecule has 16 heavy (non-hydrogen) atoms. The predicted molar refractivity (Wildman–Crippen MR) is 64.3 cm³/mol. The number of hydrogen-bond acceptors (Lipinski definition) is 2. The smallest absolute Gasteiger partial charge is 0.0513 e. The van der Waals surface area contributed by atoms with Crippen LogP contribution in [0.25, 0.3) is 0 Å². The molecular weight excluding hydrogens is 198 g/mol. The SMILES string of the molecule is NC(c1ccc2c(c1)CCC2)C1CCOC1. The van der Waals surface area contributed by atoms with Gasteiger partial charge in [0.05, 0.1) is 6.61 Å². The number of aryl methyl sites for hydroxylation is 2. The molecule has 0 aromatic heterocycles. The summed E-state index contributed by atoms with van der Waals surface area (Å²) >= 11 is 0. The van der Waals surface area contributed by atoms with Gasteiger partial charge in [0.1, 0.15) is 0 Å². The molecule has 0 amide bonds. The second-order valence-electron chi connectivity index (χ2n) is 5.03. The zero-order chi connectivity index (χ0) is 11.0. The summed E-state index contributed by atoms with van der Waals surface area (Å²) in [5.41, 5.74) is 10.7. The molecule has 2 nitrogen and oxygen atoms in total. The van der Waals surface area contributed by atoms with Gasteiger partial charge in [-0.2, -0.15) is 0 Å². The van der Waals surface area contributed by atoms with E-state index in [4.69, 9.17) is 10.5 Å². The molecule has 2 N–H and O–H groups in total. The summed E-state index contributed by atoms with van der Waals surface area (Å²) in [6, 6.07) is 6.97. The van der Waals surface area contributed by atoms with Crippen molar-refractivity contribution in [1.29, 1.82) is 0 Å². The lowest BCUT2D eigenvalue weighted by atomic mass is 9.91. The van der Waals surface area contributed by atoms with Crippen molar-refractivity contribution in [1.82, 2.24) is 0 Å². The fraction of sp³-hybridized carbons (Fsp3) is 0.571. The first kappa shape index (κ1) is 10.3. The van der Waals surface area contributed by atoms with E-state index in [1.807, 2.05) is 0 Å². The Kier molecular flexibility index (Phi) is 2.70. The first-order valence-electron chi connectivity index (χ1n) is 6.29. The van der Waals surface area contributed by atoms with Gasteiger partial charge in [0.15, 0.2) is 0 Å². The van der Waals surface area contributed by atoms with Crippen LogP contribution in [0.3, 0.4) is 0 Å². The Labute approximate surface area is 96.8 Å². The Hall–Kier alpha value is -0.860. The van der Waals surface area contributed by atoms with Crippen LogP contribution in [0.5, 0.6) is 0 Å². The van der Waals surface area contributed by atoms with E-state index in [1.165, 1.54) is 36.0 Å². The first-order valence-corrected chi connectivity index (χ1v) is 6.29. The van der Waals surface area contributed by atoms with E-state index in [2.05, 4.69) is 18.2 Å². The van der Waals surface area contributed by atoms with Crippen LogP contribution >= 0.6 is 0 Å². The molecule has 1 saturated heterocycles. The van der Waals surface area contributed by atoms with Crippen LogP contribution in [-0.2, 0) is 17.6 Å². The molecule has 2 atom stereocenters. The first-order chi connectivity index (χ1) is 7.84. The molecule has 1 aromatic carbocycles. The molecule has 0 saturated carbocycles. The molecule has 1 aliphatic carbocycles. The topological polar surface area (TPSA) is 35.2 Å². The lowest BCUT2D eigenvalue weighted by molar-refractivity contribution is 0.181. The summed E-state index contributed by atoms with van der Waals surface area (Å²) in [4.78, 5) is 0. The fourth-order valence-corrected chi connectivity index (χ4v) is 2.91. The Morgan fingerprint density at radius 1 is 1.25 bits per heavy atom. The maximum absolute atomic E-state index is 6.31. The molecule has 0 spiro atoms. The zero-order valence-corrected chi connectivity index (χ0v) is 9.61. The van der Waals surface area contributed by atoms with Gasteiger partial charge in [-0.3, -0.25) is 0 Å². The Morgan fingerprint density at radius 3 is 2.94 bits per heavy atom. The fourth-order valence-electron chi connectivity index (χ4n) is 2.91. The highest BCUT2D eigenvalue weighted by atomic mass is 16.5. The standard InChI is InChI=1S/C14H19NO/c15-14(13-6-7-16-9-13)12-5-4-10-2-1-3-11(10)8-12/h4-5,8,13-14H,1-3,6-7,9,15H2. The maximum atomic E-state index is 6.31. The van der Waals surface area contributed by atoms with E-state index in [1.54, 1.807) is 0 Å². The molecule has 1 fully saturated rings. The van der Waals surface area contributed by atoms with Crippen molar-refractivity contribution in [3.8, 4) is 0 Å².